The number of nitrogens with zero attached hydrogens (tertiary/aromatic N) is 1. The fourth-order valence-electron chi connectivity index (χ4n) is 3.43. The van der Waals surface area contributed by atoms with Crippen molar-refractivity contribution in [2.75, 3.05) is 32.1 Å². The molecule has 2 aliphatic heterocycles. The summed E-state index contributed by atoms with van der Waals surface area (Å²) in [5, 5.41) is 2.65. The maximum Gasteiger partial charge on any atom is 0.262 e. The first-order chi connectivity index (χ1) is 11.9. The number of nitrogens with one attached hydrogen (secondary N) is 1. The van der Waals surface area contributed by atoms with Crippen LogP contribution in [0.1, 0.15) is 19.8 Å². The van der Waals surface area contributed by atoms with Gasteiger partial charge in [0.2, 0.25) is 10.0 Å². The third-order valence-corrected chi connectivity index (χ3v) is 6.74. The average Bonchev–Trinajstić information content (AvgIpc) is 2.60. The first kappa shape index (κ1) is 18.0. The molecule has 138 valence electrons. The van der Waals surface area contributed by atoms with E-state index in [1.54, 1.807) is 0 Å². The monoisotopic (exact) mass is 369 g/mol. The molecule has 0 radical (unpaired) electrons. The van der Waals surface area contributed by atoms with Crippen molar-refractivity contribution in [2.45, 2.75) is 30.7 Å². The SMILES string of the molecule is COc1cc2c(cc1S(=O)(=O)N1CCCC(C)C1CN)OCC(=O)N2. The molecular weight excluding hydrogens is 346 g/mol. The van der Waals surface area contributed by atoms with Gasteiger partial charge < -0.3 is 20.5 Å². The summed E-state index contributed by atoms with van der Waals surface area (Å²) in [6.45, 7) is 2.56. The molecule has 1 fully saturated rings. The lowest BCUT2D eigenvalue weighted by atomic mass is 9.93. The highest BCUT2D eigenvalue weighted by Crippen LogP contribution is 2.39. The van der Waals surface area contributed by atoms with Crippen LogP contribution < -0.4 is 20.5 Å². The van der Waals surface area contributed by atoms with Gasteiger partial charge >= 0.3 is 0 Å². The zero-order valence-corrected chi connectivity index (χ0v) is 15.1. The maximum absolute atomic E-state index is 13.3. The number of rotatable bonds is 4. The molecule has 2 aliphatic rings. The van der Waals surface area contributed by atoms with Crippen molar-refractivity contribution in [3.8, 4) is 11.5 Å². The molecule has 1 amide bonds. The summed E-state index contributed by atoms with van der Waals surface area (Å²) in [5.41, 5.74) is 6.24. The molecule has 3 N–H and O–H groups in total. The van der Waals surface area contributed by atoms with Crippen LogP contribution in [0.5, 0.6) is 11.5 Å². The number of nitrogens with two attached hydrogens (primary N) is 1. The van der Waals surface area contributed by atoms with Gasteiger partial charge in [0.05, 0.1) is 12.8 Å². The van der Waals surface area contributed by atoms with E-state index >= 15 is 0 Å². The van der Waals surface area contributed by atoms with E-state index in [0.29, 0.717) is 18.0 Å². The fourth-order valence-corrected chi connectivity index (χ4v) is 5.36. The van der Waals surface area contributed by atoms with E-state index in [2.05, 4.69) is 5.32 Å². The largest absolute Gasteiger partial charge is 0.495 e. The van der Waals surface area contributed by atoms with Crippen molar-refractivity contribution in [2.24, 2.45) is 11.7 Å². The Hall–Kier alpha value is -1.84. The van der Waals surface area contributed by atoms with Crippen molar-refractivity contribution >= 4 is 21.6 Å². The second-order valence-corrected chi connectivity index (χ2v) is 8.23. The van der Waals surface area contributed by atoms with E-state index in [-0.39, 0.29) is 41.7 Å². The van der Waals surface area contributed by atoms with Crippen LogP contribution in [-0.2, 0) is 14.8 Å². The molecule has 1 saturated heterocycles. The van der Waals surface area contributed by atoms with Gasteiger partial charge in [0.15, 0.2) is 6.61 Å². The molecule has 9 heteroatoms. The van der Waals surface area contributed by atoms with Crippen LogP contribution >= 0.6 is 0 Å². The van der Waals surface area contributed by atoms with E-state index in [9.17, 15) is 13.2 Å². The van der Waals surface area contributed by atoms with Gasteiger partial charge in [0.25, 0.3) is 5.91 Å². The summed E-state index contributed by atoms with van der Waals surface area (Å²) < 4.78 is 38.7. The number of piperidine rings is 1. The Bertz CT molecular complexity index is 780. The summed E-state index contributed by atoms with van der Waals surface area (Å²) >= 11 is 0. The van der Waals surface area contributed by atoms with Crippen LogP contribution in [0.15, 0.2) is 17.0 Å². The summed E-state index contributed by atoms with van der Waals surface area (Å²) in [6.07, 6.45) is 1.74. The number of fused-ring (bicyclic) bond motifs is 1. The zero-order chi connectivity index (χ0) is 18.2. The highest BCUT2D eigenvalue weighted by atomic mass is 32.2. The third-order valence-electron chi connectivity index (χ3n) is 4.79. The molecule has 0 spiro atoms. The van der Waals surface area contributed by atoms with E-state index < -0.39 is 10.0 Å². The number of amides is 1. The molecule has 0 aromatic heterocycles. The Morgan fingerprint density at radius 3 is 2.88 bits per heavy atom. The molecule has 1 aromatic carbocycles. The Morgan fingerprint density at radius 1 is 1.44 bits per heavy atom. The number of sulfonamides is 1. The van der Waals surface area contributed by atoms with Gasteiger partial charge in [-0.05, 0) is 18.8 Å². The van der Waals surface area contributed by atoms with Crippen LogP contribution in [0, 0.1) is 5.92 Å². The molecule has 2 atom stereocenters. The number of ether oxygens (including phenoxy) is 2. The highest BCUT2D eigenvalue weighted by molar-refractivity contribution is 7.89. The Morgan fingerprint density at radius 2 is 2.20 bits per heavy atom. The average molecular weight is 369 g/mol. The van der Waals surface area contributed by atoms with Gasteiger partial charge in [-0.1, -0.05) is 6.92 Å². The molecule has 25 heavy (non-hydrogen) atoms. The standard InChI is InChI=1S/C16H23N3O5S/c1-10-4-3-5-19(12(10)8-17)25(21,22)15-7-13-11(6-14(15)23-2)18-16(20)9-24-13/h6-7,10,12H,3-5,8-9,17H2,1-2H3,(H,18,20). The second kappa shape index (κ2) is 6.81. The smallest absolute Gasteiger partial charge is 0.262 e. The van der Waals surface area contributed by atoms with E-state index in [1.165, 1.54) is 23.5 Å². The summed E-state index contributed by atoms with van der Waals surface area (Å²) in [4.78, 5) is 11.5. The minimum absolute atomic E-state index is 0.0254. The van der Waals surface area contributed by atoms with E-state index in [4.69, 9.17) is 15.2 Å². The lowest BCUT2D eigenvalue weighted by molar-refractivity contribution is -0.118. The van der Waals surface area contributed by atoms with E-state index in [0.717, 1.165) is 12.8 Å². The minimum atomic E-state index is -3.81. The van der Waals surface area contributed by atoms with Crippen LogP contribution in [0.3, 0.4) is 0 Å². The summed E-state index contributed by atoms with van der Waals surface area (Å²) in [6, 6.07) is 2.64. The van der Waals surface area contributed by atoms with Gasteiger partial charge in [0.1, 0.15) is 16.4 Å². The molecule has 0 aliphatic carbocycles. The first-order valence-corrected chi connectivity index (χ1v) is 9.69. The number of carbonyl (C=O) groups is 1. The number of anilines is 1. The number of hydrogen-bond acceptors (Lipinski definition) is 6. The maximum atomic E-state index is 13.3. The number of methoxy groups -OCH3 is 1. The van der Waals surface area contributed by atoms with Crippen molar-refractivity contribution in [3.63, 3.8) is 0 Å². The Balaban J connectivity index is 2.06. The molecule has 2 heterocycles. The first-order valence-electron chi connectivity index (χ1n) is 8.25. The molecule has 3 rings (SSSR count). The third kappa shape index (κ3) is 3.19. The predicted octanol–water partition coefficient (Wildman–Crippen LogP) is 0.774. The molecular formula is C16H23N3O5S. The minimum Gasteiger partial charge on any atom is -0.495 e. The topological polar surface area (TPSA) is 111 Å². The van der Waals surface area contributed by atoms with Gasteiger partial charge in [-0.2, -0.15) is 4.31 Å². The lowest BCUT2D eigenvalue weighted by Crippen LogP contribution is -2.51. The number of hydrogen-bond donors (Lipinski definition) is 2. The quantitative estimate of drug-likeness (QED) is 0.811. The molecule has 8 nitrogen and oxygen atoms in total. The van der Waals surface area contributed by atoms with Crippen molar-refractivity contribution < 1.29 is 22.7 Å². The van der Waals surface area contributed by atoms with Crippen LogP contribution in [0.4, 0.5) is 5.69 Å². The summed E-state index contributed by atoms with van der Waals surface area (Å²) in [7, 11) is -2.42. The van der Waals surface area contributed by atoms with Crippen LogP contribution in [0.25, 0.3) is 0 Å². The lowest BCUT2D eigenvalue weighted by Gasteiger charge is -2.38. The van der Waals surface area contributed by atoms with Gasteiger partial charge in [0, 0.05) is 31.3 Å². The van der Waals surface area contributed by atoms with Crippen molar-refractivity contribution in [1.82, 2.24) is 4.31 Å². The van der Waals surface area contributed by atoms with Gasteiger partial charge in [-0.3, -0.25) is 4.79 Å². The summed E-state index contributed by atoms with van der Waals surface area (Å²) in [5.74, 6) is 0.373. The predicted molar refractivity (Wildman–Crippen MR) is 92.3 cm³/mol. The van der Waals surface area contributed by atoms with Crippen LogP contribution in [0.2, 0.25) is 0 Å². The Labute approximate surface area is 147 Å². The van der Waals surface area contributed by atoms with Gasteiger partial charge in [-0.25, -0.2) is 8.42 Å². The molecule has 0 saturated carbocycles. The van der Waals surface area contributed by atoms with Crippen molar-refractivity contribution in [3.05, 3.63) is 12.1 Å². The zero-order valence-electron chi connectivity index (χ0n) is 14.3. The fraction of sp³-hybridized carbons (Fsp3) is 0.562. The number of carbonyl (C=O) groups excluding carboxylic acids is 1. The number of benzene rings is 1. The molecule has 2 unspecified atom stereocenters. The Kier molecular flexibility index (Phi) is 4.90. The normalized spacial score (nSPS) is 24.2. The second-order valence-electron chi connectivity index (χ2n) is 6.37. The highest BCUT2D eigenvalue weighted by Gasteiger charge is 2.38. The van der Waals surface area contributed by atoms with E-state index in [1.807, 2.05) is 6.92 Å². The molecule has 0 bridgehead atoms. The van der Waals surface area contributed by atoms with Gasteiger partial charge in [-0.15, -0.1) is 0 Å². The van der Waals surface area contributed by atoms with Crippen LogP contribution in [-0.4, -0.2) is 51.5 Å². The molecule has 1 aromatic rings. The van der Waals surface area contributed by atoms with Crippen molar-refractivity contribution in [1.29, 1.82) is 0 Å².